The smallest absolute Gasteiger partial charge is 0.183 e. The van der Waals surface area contributed by atoms with Crippen LogP contribution in [0.25, 0.3) is 10.4 Å². The highest BCUT2D eigenvalue weighted by Gasteiger charge is 2.11. The summed E-state index contributed by atoms with van der Waals surface area (Å²) in [6, 6.07) is 9.61. The van der Waals surface area contributed by atoms with Gasteiger partial charge in [0, 0.05) is 28.9 Å². The molecule has 0 radical (unpaired) electrons. The van der Waals surface area contributed by atoms with Crippen molar-refractivity contribution in [1.82, 2.24) is 4.98 Å². The number of hydrogen-bond acceptors (Lipinski definition) is 3. The van der Waals surface area contributed by atoms with Crippen molar-refractivity contribution < 1.29 is 8.78 Å². The molecule has 0 bridgehead atoms. The van der Waals surface area contributed by atoms with E-state index in [9.17, 15) is 8.78 Å². The Labute approximate surface area is 141 Å². The number of aromatic nitrogens is 1. The Kier molecular flexibility index (Phi) is 4.59. The maximum Gasteiger partial charge on any atom is 0.183 e. The summed E-state index contributed by atoms with van der Waals surface area (Å²) in [5.74, 6) is -1.15. The number of halogens is 3. The van der Waals surface area contributed by atoms with E-state index in [0.29, 0.717) is 10.2 Å². The van der Waals surface area contributed by atoms with Crippen LogP contribution in [0.3, 0.4) is 0 Å². The summed E-state index contributed by atoms with van der Waals surface area (Å²) < 4.78 is 27.2. The van der Waals surface area contributed by atoms with Gasteiger partial charge in [-0.3, -0.25) is 0 Å². The van der Waals surface area contributed by atoms with Crippen LogP contribution in [0.5, 0.6) is 0 Å². The van der Waals surface area contributed by atoms with E-state index in [2.05, 4.69) is 10.3 Å². The fourth-order valence-electron chi connectivity index (χ4n) is 2.17. The van der Waals surface area contributed by atoms with E-state index < -0.39 is 11.6 Å². The number of benzene rings is 2. The first kappa shape index (κ1) is 15.9. The van der Waals surface area contributed by atoms with Crippen molar-refractivity contribution in [3.05, 3.63) is 70.4 Å². The van der Waals surface area contributed by atoms with E-state index in [1.165, 1.54) is 29.5 Å². The van der Waals surface area contributed by atoms with Gasteiger partial charge < -0.3 is 5.32 Å². The molecule has 0 aliphatic heterocycles. The van der Waals surface area contributed by atoms with Gasteiger partial charge in [0.15, 0.2) is 5.13 Å². The predicted octanol–water partition coefficient (Wildman–Crippen LogP) is 5.66. The molecule has 0 atom stereocenters. The Morgan fingerprint density at radius 3 is 2.61 bits per heavy atom. The van der Waals surface area contributed by atoms with E-state index in [4.69, 9.17) is 11.6 Å². The zero-order chi connectivity index (χ0) is 16.4. The molecule has 2 aromatic carbocycles. The van der Waals surface area contributed by atoms with Gasteiger partial charge >= 0.3 is 0 Å². The first-order valence-electron chi connectivity index (χ1n) is 6.93. The topological polar surface area (TPSA) is 24.9 Å². The van der Waals surface area contributed by atoms with Crippen molar-refractivity contribution in [2.75, 3.05) is 5.32 Å². The number of aryl methyl sites for hydroxylation is 1. The van der Waals surface area contributed by atoms with E-state index in [1.54, 1.807) is 6.20 Å². The molecule has 3 rings (SSSR count). The second-order valence-corrected chi connectivity index (χ2v) is 6.50. The zero-order valence-electron chi connectivity index (χ0n) is 12.2. The monoisotopic (exact) mass is 350 g/mol. The standard InChI is InChI=1S/C17H13ClF2N2S/c1-10-5-6-11(13(18)7-10)16-9-22-17(23-16)21-8-12-14(19)3-2-4-15(12)20/h2-7,9H,8H2,1H3,(H,21,22). The molecular weight excluding hydrogens is 338 g/mol. The lowest BCUT2D eigenvalue weighted by molar-refractivity contribution is 0.560. The van der Waals surface area contributed by atoms with Crippen LogP contribution in [0, 0.1) is 18.6 Å². The molecule has 1 aromatic heterocycles. The van der Waals surface area contributed by atoms with E-state index in [0.717, 1.165) is 16.0 Å². The minimum Gasteiger partial charge on any atom is -0.357 e. The van der Waals surface area contributed by atoms with E-state index in [-0.39, 0.29) is 12.1 Å². The lowest BCUT2D eigenvalue weighted by Gasteiger charge is -2.05. The maximum atomic E-state index is 13.6. The molecule has 0 aliphatic rings. The average molecular weight is 351 g/mol. The average Bonchev–Trinajstić information content (AvgIpc) is 2.95. The van der Waals surface area contributed by atoms with Crippen LogP contribution >= 0.6 is 22.9 Å². The third-order valence-corrected chi connectivity index (χ3v) is 4.67. The Morgan fingerprint density at radius 1 is 1.17 bits per heavy atom. The van der Waals surface area contributed by atoms with Gasteiger partial charge in [-0.25, -0.2) is 13.8 Å². The molecule has 0 spiro atoms. The van der Waals surface area contributed by atoms with Gasteiger partial charge in [0.25, 0.3) is 0 Å². The Morgan fingerprint density at radius 2 is 1.91 bits per heavy atom. The van der Waals surface area contributed by atoms with Gasteiger partial charge in [0.2, 0.25) is 0 Å². The van der Waals surface area contributed by atoms with Gasteiger partial charge in [-0.1, -0.05) is 41.1 Å². The molecule has 6 heteroatoms. The lowest BCUT2D eigenvalue weighted by atomic mass is 10.1. The van der Waals surface area contributed by atoms with Gasteiger partial charge in [0.05, 0.1) is 4.88 Å². The molecule has 23 heavy (non-hydrogen) atoms. The van der Waals surface area contributed by atoms with Crippen LogP contribution < -0.4 is 5.32 Å². The SMILES string of the molecule is Cc1ccc(-c2cnc(NCc3c(F)cccc3F)s2)c(Cl)c1. The van der Waals surface area contributed by atoms with Crippen molar-refractivity contribution in [3.8, 4) is 10.4 Å². The van der Waals surface area contributed by atoms with Crippen molar-refractivity contribution in [3.63, 3.8) is 0 Å². The molecule has 0 saturated carbocycles. The summed E-state index contributed by atoms with van der Waals surface area (Å²) in [6.07, 6.45) is 1.70. The summed E-state index contributed by atoms with van der Waals surface area (Å²) >= 11 is 7.63. The normalized spacial score (nSPS) is 10.8. The molecule has 2 nitrogen and oxygen atoms in total. The third-order valence-electron chi connectivity index (χ3n) is 3.37. The van der Waals surface area contributed by atoms with Gasteiger partial charge in [-0.05, 0) is 30.7 Å². The van der Waals surface area contributed by atoms with Gasteiger partial charge in [0.1, 0.15) is 11.6 Å². The van der Waals surface area contributed by atoms with E-state index in [1.807, 2.05) is 25.1 Å². The molecule has 3 aromatic rings. The van der Waals surface area contributed by atoms with Crippen molar-refractivity contribution in [1.29, 1.82) is 0 Å². The van der Waals surface area contributed by atoms with Gasteiger partial charge in [-0.15, -0.1) is 0 Å². The van der Waals surface area contributed by atoms with Crippen LogP contribution in [0.1, 0.15) is 11.1 Å². The van der Waals surface area contributed by atoms with Crippen LogP contribution in [0.15, 0.2) is 42.6 Å². The molecule has 0 unspecified atom stereocenters. The minimum atomic E-state index is -0.573. The summed E-state index contributed by atoms with van der Waals surface area (Å²) in [5, 5.41) is 4.18. The molecule has 0 saturated heterocycles. The van der Waals surface area contributed by atoms with Crippen molar-refractivity contribution in [2.24, 2.45) is 0 Å². The quantitative estimate of drug-likeness (QED) is 0.656. The highest BCUT2D eigenvalue weighted by atomic mass is 35.5. The lowest BCUT2D eigenvalue weighted by Crippen LogP contribution is -2.04. The Bertz CT molecular complexity index is 828. The second-order valence-electron chi connectivity index (χ2n) is 5.07. The minimum absolute atomic E-state index is 0.00221. The largest absolute Gasteiger partial charge is 0.357 e. The van der Waals surface area contributed by atoms with Crippen LogP contribution in [0.2, 0.25) is 5.02 Å². The molecule has 0 amide bonds. The number of hydrogen-bond donors (Lipinski definition) is 1. The fraction of sp³-hybridized carbons (Fsp3) is 0.118. The third kappa shape index (κ3) is 3.51. The number of nitrogens with zero attached hydrogens (tertiary/aromatic N) is 1. The fourth-order valence-corrected chi connectivity index (χ4v) is 3.41. The van der Waals surface area contributed by atoms with Crippen LogP contribution in [-0.4, -0.2) is 4.98 Å². The first-order chi connectivity index (χ1) is 11.0. The first-order valence-corrected chi connectivity index (χ1v) is 8.13. The highest BCUT2D eigenvalue weighted by Crippen LogP contribution is 2.34. The molecular formula is C17H13ClF2N2S. The second kappa shape index (κ2) is 6.64. The van der Waals surface area contributed by atoms with Crippen molar-refractivity contribution in [2.45, 2.75) is 13.5 Å². The Balaban J connectivity index is 1.77. The molecule has 1 heterocycles. The predicted molar refractivity (Wildman–Crippen MR) is 91.0 cm³/mol. The summed E-state index contributed by atoms with van der Waals surface area (Å²) in [6.45, 7) is 2.01. The van der Waals surface area contributed by atoms with Gasteiger partial charge in [-0.2, -0.15) is 0 Å². The molecule has 118 valence electrons. The number of anilines is 1. The van der Waals surface area contributed by atoms with Crippen LogP contribution in [-0.2, 0) is 6.54 Å². The summed E-state index contributed by atoms with van der Waals surface area (Å²) in [4.78, 5) is 5.13. The van der Waals surface area contributed by atoms with Crippen LogP contribution in [0.4, 0.5) is 13.9 Å². The Hall–Kier alpha value is -1.98. The van der Waals surface area contributed by atoms with Crippen molar-refractivity contribution >= 4 is 28.1 Å². The highest BCUT2D eigenvalue weighted by molar-refractivity contribution is 7.18. The number of thiazole rings is 1. The van der Waals surface area contributed by atoms with E-state index >= 15 is 0 Å². The molecule has 1 N–H and O–H groups in total. The molecule has 0 aliphatic carbocycles. The number of rotatable bonds is 4. The summed E-state index contributed by atoms with van der Waals surface area (Å²) in [5.41, 5.74) is 1.97. The maximum absolute atomic E-state index is 13.6. The summed E-state index contributed by atoms with van der Waals surface area (Å²) in [7, 11) is 0. The number of nitrogens with one attached hydrogen (secondary N) is 1. The zero-order valence-corrected chi connectivity index (χ0v) is 13.8. The molecule has 0 fully saturated rings.